The van der Waals surface area contributed by atoms with Crippen molar-refractivity contribution in [1.29, 1.82) is 0 Å². The fourth-order valence-electron chi connectivity index (χ4n) is 1.84. The molecule has 1 fully saturated rings. The highest BCUT2D eigenvalue weighted by atomic mass is 16.6. The van der Waals surface area contributed by atoms with Crippen LogP contribution >= 0.6 is 0 Å². The minimum absolute atomic E-state index is 0.0692. The highest BCUT2D eigenvalue weighted by Gasteiger charge is 2.32. The SMILES string of the molecule is CN(C)/C=C/C(=O)[C@H]1CCN(C(=O)OC(C)(C)C)C1. The van der Waals surface area contributed by atoms with Crippen molar-refractivity contribution in [3.63, 3.8) is 0 Å². The van der Waals surface area contributed by atoms with Gasteiger partial charge in [-0.05, 0) is 33.3 Å². The molecule has 1 atom stereocenters. The van der Waals surface area contributed by atoms with Crippen LogP contribution in [-0.4, -0.2) is 54.5 Å². The Bertz CT molecular complexity index is 369. The molecule has 0 saturated carbocycles. The van der Waals surface area contributed by atoms with E-state index in [1.807, 2.05) is 39.8 Å². The number of allylic oxidation sites excluding steroid dienone is 1. The molecule has 0 spiro atoms. The van der Waals surface area contributed by atoms with Crippen LogP contribution in [0.25, 0.3) is 0 Å². The summed E-state index contributed by atoms with van der Waals surface area (Å²) in [7, 11) is 3.73. The van der Waals surface area contributed by atoms with E-state index < -0.39 is 5.60 Å². The molecule has 1 heterocycles. The Morgan fingerprint density at radius 2 is 1.95 bits per heavy atom. The number of ketones is 1. The smallest absolute Gasteiger partial charge is 0.410 e. The molecule has 0 aliphatic carbocycles. The van der Waals surface area contributed by atoms with Crippen LogP contribution in [-0.2, 0) is 9.53 Å². The maximum atomic E-state index is 11.9. The van der Waals surface area contributed by atoms with E-state index in [0.29, 0.717) is 19.5 Å². The molecular formula is C14H24N2O3. The number of carbonyl (C=O) groups excluding carboxylic acids is 2. The number of nitrogens with zero attached hydrogens (tertiary/aromatic N) is 2. The van der Waals surface area contributed by atoms with Gasteiger partial charge in [0.1, 0.15) is 5.60 Å². The molecule has 1 aliphatic rings. The van der Waals surface area contributed by atoms with Gasteiger partial charge in [-0.3, -0.25) is 4.79 Å². The molecule has 0 aromatic rings. The highest BCUT2D eigenvalue weighted by molar-refractivity contribution is 5.92. The van der Waals surface area contributed by atoms with E-state index in [-0.39, 0.29) is 17.8 Å². The van der Waals surface area contributed by atoms with E-state index in [1.54, 1.807) is 17.2 Å². The van der Waals surface area contributed by atoms with Gasteiger partial charge < -0.3 is 14.5 Å². The van der Waals surface area contributed by atoms with Crippen molar-refractivity contribution in [2.24, 2.45) is 5.92 Å². The van der Waals surface area contributed by atoms with Gasteiger partial charge in [0.05, 0.1) is 0 Å². The van der Waals surface area contributed by atoms with Crippen LogP contribution in [0, 0.1) is 5.92 Å². The minimum Gasteiger partial charge on any atom is -0.444 e. The number of ether oxygens (including phenoxy) is 1. The van der Waals surface area contributed by atoms with Gasteiger partial charge >= 0.3 is 6.09 Å². The van der Waals surface area contributed by atoms with Crippen LogP contribution in [0.2, 0.25) is 0 Å². The summed E-state index contributed by atoms with van der Waals surface area (Å²) in [6.07, 6.45) is 3.68. The average Bonchev–Trinajstić information content (AvgIpc) is 2.72. The largest absolute Gasteiger partial charge is 0.444 e. The maximum Gasteiger partial charge on any atom is 0.410 e. The lowest BCUT2D eigenvalue weighted by atomic mass is 10.0. The van der Waals surface area contributed by atoms with Gasteiger partial charge in [0.15, 0.2) is 5.78 Å². The van der Waals surface area contributed by atoms with Gasteiger partial charge in [0, 0.05) is 39.3 Å². The first-order valence-corrected chi connectivity index (χ1v) is 6.55. The van der Waals surface area contributed by atoms with Crippen LogP contribution in [0.5, 0.6) is 0 Å². The Kier molecular flexibility index (Phi) is 4.97. The molecule has 19 heavy (non-hydrogen) atoms. The second kappa shape index (κ2) is 6.08. The summed E-state index contributed by atoms with van der Waals surface area (Å²) in [5.41, 5.74) is -0.496. The van der Waals surface area contributed by atoms with E-state index in [2.05, 4.69) is 0 Å². The lowest BCUT2D eigenvalue weighted by Crippen LogP contribution is -2.35. The van der Waals surface area contributed by atoms with Crippen molar-refractivity contribution in [1.82, 2.24) is 9.80 Å². The Hall–Kier alpha value is -1.52. The van der Waals surface area contributed by atoms with Gasteiger partial charge in [-0.25, -0.2) is 4.79 Å². The molecule has 1 amide bonds. The first kappa shape index (κ1) is 15.5. The van der Waals surface area contributed by atoms with E-state index in [9.17, 15) is 9.59 Å². The van der Waals surface area contributed by atoms with Crippen molar-refractivity contribution < 1.29 is 14.3 Å². The van der Waals surface area contributed by atoms with E-state index in [4.69, 9.17) is 4.74 Å². The predicted octanol–water partition coefficient (Wildman–Crippen LogP) is 1.89. The third-order valence-electron chi connectivity index (χ3n) is 2.78. The second-order valence-corrected chi connectivity index (χ2v) is 6.09. The van der Waals surface area contributed by atoms with E-state index >= 15 is 0 Å². The van der Waals surface area contributed by atoms with Crippen LogP contribution in [0.4, 0.5) is 4.79 Å². The second-order valence-electron chi connectivity index (χ2n) is 6.09. The molecule has 0 aromatic heterocycles. The van der Waals surface area contributed by atoms with E-state index in [1.165, 1.54) is 0 Å². The predicted molar refractivity (Wildman–Crippen MR) is 73.7 cm³/mol. The average molecular weight is 268 g/mol. The summed E-state index contributed by atoms with van der Waals surface area (Å²) in [5.74, 6) is -0.0384. The highest BCUT2D eigenvalue weighted by Crippen LogP contribution is 2.20. The monoisotopic (exact) mass is 268 g/mol. The summed E-state index contributed by atoms with van der Waals surface area (Å²) in [6.45, 7) is 6.54. The molecule has 108 valence electrons. The molecule has 0 radical (unpaired) electrons. The quantitative estimate of drug-likeness (QED) is 0.733. The zero-order chi connectivity index (χ0) is 14.6. The van der Waals surface area contributed by atoms with Crippen LogP contribution in [0.15, 0.2) is 12.3 Å². The van der Waals surface area contributed by atoms with Gasteiger partial charge in [-0.15, -0.1) is 0 Å². The normalized spacial score (nSPS) is 19.8. The number of hydrogen-bond donors (Lipinski definition) is 0. The number of rotatable bonds is 3. The Labute approximate surface area is 115 Å². The zero-order valence-corrected chi connectivity index (χ0v) is 12.5. The van der Waals surface area contributed by atoms with Gasteiger partial charge in [-0.1, -0.05) is 0 Å². The summed E-state index contributed by atoms with van der Waals surface area (Å²) in [4.78, 5) is 27.2. The first-order valence-electron chi connectivity index (χ1n) is 6.55. The Morgan fingerprint density at radius 1 is 1.32 bits per heavy atom. The zero-order valence-electron chi connectivity index (χ0n) is 12.5. The topological polar surface area (TPSA) is 49.9 Å². The third-order valence-corrected chi connectivity index (χ3v) is 2.78. The fourth-order valence-corrected chi connectivity index (χ4v) is 1.84. The number of hydrogen-bond acceptors (Lipinski definition) is 4. The summed E-state index contributed by atoms with van der Waals surface area (Å²) in [5, 5.41) is 0. The number of amides is 1. The summed E-state index contributed by atoms with van der Waals surface area (Å²) < 4.78 is 5.30. The number of likely N-dealkylation sites (tertiary alicyclic amines) is 1. The molecule has 1 saturated heterocycles. The van der Waals surface area contributed by atoms with Gasteiger partial charge in [-0.2, -0.15) is 0 Å². The maximum absolute atomic E-state index is 11.9. The van der Waals surface area contributed by atoms with Crippen LogP contribution in [0.3, 0.4) is 0 Å². The first-order chi connectivity index (χ1) is 8.69. The van der Waals surface area contributed by atoms with Gasteiger partial charge in [0.2, 0.25) is 0 Å². The lowest BCUT2D eigenvalue weighted by Gasteiger charge is -2.24. The molecule has 0 N–H and O–H groups in total. The van der Waals surface area contributed by atoms with Crippen molar-refractivity contribution in [2.45, 2.75) is 32.8 Å². The number of carbonyl (C=O) groups is 2. The fraction of sp³-hybridized carbons (Fsp3) is 0.714. The molecule has 1 aliphatic heterocycles. The summed E-state index contributed by atoms with van der Waals surface area (Å²) >= 11 is 0. The minimum atomic E-state index is -0.496. The standard InChI is InChI=1S/C14H24N2O3/c1-14(2,3)19-13(18)16-9-6-11(10-16)12(17)7-8-15(4)5/h7-8,11H,6,9-10H2,1-5H3/b8-7+/t11-/m0/s1. The van der Waals surface area contributed by atoms with Crippen molar-refractivity contribution in [2.75, 3.05) is 27.2 Å². The molecule has 5 heteroatoms. The van der Waals surface area contributed by atoms with Crippen LogP contribution < -0.4 is 0 Å². The van der Waals surface area contributed by atoms with Crippen molar-refractivity contribution in [3.05, 3.63) is 12.3 Å². The lowest BCUT2D eigenvalue weighted by molar-refractivity contribution is -0.117. The summed E-state index contributed by atoms with van der Waals surface area (Å²) in [6, 6.07) is 0. The van der Waals surface area contributed by atoms with Crippen molar-refractivity contribution >= 4 is 11.9 Å². The molecular weight excluding hydrogens is 244 g/mol. The van der Waals surface area contributed by atoms with E-state index in [0.717, 1.165) is 0 Å². The molecule has 0 aromatic carbocycles. The molecule has 1 rings (SSSR count). The Morgan fingerprint density at radius 3 is 2.47 bits per heavy atom. The van der Waals surface area contributed by atoms with Crippen LogP contribution in [0.1, 0.15) is 27.2 Å². The third kappa shape index (κ3) is 5.32. The van der Waals surface area contributed by atoms with Crippen molar-refractivity contribution in [3.8, 4) is 0 Å². The molecule has 0 bridgehead atoms. The molecule has 0 unspecified atom stereocenters. The molecule has 5 nitrogen and oxygen atoms in total. The Balaban J connectivity index is 2.50. The van der Waals surface area contributed by atoms with Gasteiger partial charge in [0.25, 0.3) is 0 Å².